The van der Waals surface area contributed by atoms with Crippen LogP contribution in [-0.4, -0.2) is 30.8 Å². The van der Waals surface area contributed by atoms with Crippen LogP contribution in [-0.2, 0) is 15.1 Å². The summed E-state index contributed by atoms with van der Waals surface area (Å²) in [5.74, 6) is 0.0167. The van der Waals surface area contributed by atoms with Crippen LogP contribution in [0.25, 0.3) is 0 Å². The Morgan fingerprint density at radius 3 is 2.62 bits per heavy atom. The molecule has 0 aliphatic heterocycles. The van der Waals surface area contributed by atoms with Crippen molar-refractivity contribution in [2.75, 3.05) is 13.7 Å². The van der Waals surface area contributed by atoms with Crippen LogP contribution in [0.5, 0.6) is 11.5 Å². The van der Waals surface area contributed by atoms with Gasteiger partial charge >= 0.3 is 5.97 Å². The second-order valence-electron chi connectivity index (χ2n) is 5.19. The first-order valence-electron chi connectivity index (χ1n) is 7.21. The summed E-state index contributed by atoms with van der Waals surface area (Å²) < 4.78 is 10.3. The van der Waals surface area contributed by atoms with Crippen molar-refractivity contribution in [1.82, 2.24) is 5.32 Å². The molecule has 5 heteroatoms. The quantitative estimate of drug-likeness (QED) is 0.757. The Bertz CT molecular complexity index is 489. The molecular weight excluding hydrogens is 270 g/mol. The largest absolute Gasteiger partial charge is 0.504 e. The SMILES string of the molecule is CCOC(=O)C(C)(NC(C)CC)c1ccc(O)c(OC)c1. The smallest absolute Gasteiger partial charge is 0.330 e. The van der Waals surface area contributed by atoms with E-state index in [-0.39, 0.29) is 17.8 Å². The third-order valence-electron chi connectivity index (χ3n) is 3.59. The van der Waals surface area contributed by atoms with E-state index in [9.17, 15) is 9.90 Å². The lowest BCUT2D eigenvalue weighted by atomic mass is 9.90. The van der Waals surface area contributed by atoms with Crippen molar-refractivity contribution in [2.24, 2.45) is 0 Å². The van der Waals surface area contributed by atoms with E-state index in [4.69, 9.17) is 9.47 Å². The number of methoxy groups -OCH3 is 1. The maximum atomic E-state index is 12.4. The number of phenols is 1. The van der Waals surface area contributed by atoms with E-state index in [0.29, 0.717) is 17.9 Å². The lowest BCUT2D eigenvalue weighted by molar-refractivity contribution is -0.151. The van der Waals surface area contributed by atoms with Gasteiger partial charge in [0.05, 0.1) is 13.7 Å². The zero-order valence-electron chi connectivity index (χ0n) is 13.4. The Morgan fingerprint density at radius 2 is 2.10 bits per heavy atom. The van der Waals surface area contributed by atoms with E-state index in [1.54, 1.807) is 26.0 Å². The Hall–Kier alpha value is -1.75. The molecule has 0 saturated heterocycles. The van der Waals surface area contributed by atoms with Crippen LogP contribution in [0.4, 0.5) is 0 Å². The second-order valence-corrected chi connectivity index (χ2v) is 5.19. The summed E-state index contributed by atoms with van der Waals surface area (Å²) in [6.07, 6.45) is 0.879. The number of carbonyl (C=O) groups is 1. The number of benzene rings is 1. The van der Waals surface area contributed by atoms with Gasteiger partial charge in [-0.2, -0.15) is 0 Å². The van der Waals surface area contributed by atoms with Gasteiger partial charge in [0.1, 0.15) is 5.54 Å². The van der Waals surface area contributed by atoms with Crippen molar-refractivity contribution in [3.63, 3.8) is 0 Å². The number of ether oxygens (including phenoxy) is 2. The number of nitrogens with one attached hydrogen (secondary N) is 1. The summed E-state index contributed by atoms with van der Waals surface area (Å²) in [6.45, 7) is 7.92. The monoisotopic (exact) mass is 295 g/mol. The second kappa shape index (κ2) is 7.31. The molecule has 2 N–H and O–H groups in total. The molecule has 1 aromatic rings. The first kappa shape index (κ1) is 17.3. The van der Waals surface area contributed by atoms with Crippen molar-refractivity contribution >= 4 is 5.97 Å². The predicted octanol–water partition coefficient (Wildman–Crippen LogP) is 2.57. The van der Waals surface area contributed by atoms with E-state index in [0.717, 1.165) is 6.42 Å². The number of hydrogen-bond acceptors (Lipinski definition) is 5. The van der Waals surface area contributed by atoms with Crippen molar-refractivity contribution in [3.05, 3.63) is 23.8 Å². The van der Waals surface area contributed by atoms with Gasteiger partial charge < -0.3 is 14.6 Å². The normalized spacial score (nSPS) is 15.1. The highest BCUT2D eigenvalue weighted by atomic mass is 16.5. The standard InChI is InChI=1S/C16H25NO4/c1-6-11(3)17-16(4,15(19)21-7-2)12-8-9-13(18)14(10-12)20-5/h8-11,17-18H,6-7H2,1-5H3. The van der Waals surface area contributed by atoms with Gasteiger partial charge in [0.15, 0.2) is 11.5 Å². The van der Waals surface area contributed by atoms with Crippen LogP contribution in [0, 0.1) is 0 Å². The first-order chi connectivity index (χ1) is 9.88. The highest BCUT2D eigenvalue weighted by Gasteiger charge is 2.38. The fourth-order valence-corrected chi connectivity index (χ4v) is 2.12. The van der Waals surface area contributed by atoms with E-state index in [1.807, 2.05) is 13.8 Å². The summed E-state index contributed by atoms with van der Waals surface area (Å²) in [6, 6.07) is 5.01. The molecule has 0 amide bonds. The molecule has 0 aromatic heterocycles. The van der Waals surface area contributed by atoms with Gasteiger partial charge in [-0.1, -0.05) is 13.0 Å². The Morgan fingerprint density at radius 1 is 1.43 bits per heavy atom. The Kier molecular flexibility index (Phi) is 6.03. The van der Waals surface area contributed by atoms with Crippen molar-refractivity contribution in [3.8, 4) is 11.5 Å². The zero-order valence-corrected chi connectivity index (χ0v) is 13.4. The molecule has 0 heterocycles. The third-order valence-corrected chi connectivity index (χ3v) is 3.59. The summed E-state index contributed by atoms with van der Waals surface area (Å²) >= 11 is 0. The molecule has 118 valence electrons. The van der Waals surface area contributed by atoms with Gasteiger partial charge in [-0.05, 0) is 44.9 Å². The van der Waals surface area contributed by atoms with Gasteiger partial charge in [-0.3, -0.25) is 5.32 Å². The van der Waals surface area contributed by atoms with Gasteiger partial charge in [0.25, 0.3) is 0 Å². The van der Waals surface area contributed by atoms with Gasteiger partial charge in [-0.25, -0.2) is 4.79 Å². The third kappa shape index (κ3) is 3.88. The highest BCUT2D eigenvalue weighted by molar-refractivity contribution is 5.82. The maximum absolute atomic E-state index is 12.4. The number of aromatic hydroxyl groups is 1. The van der Waals surface area contributed by atoms with Crippen molar-refractivity contribution in [1.29, 1.82) is 0 Å². The molecular formula is C16H25NO4. The van der Waals surface area contributed by atoms with E-state index in [2.05, 4.69) is 5.32 Å². The number of esters is 1. The lowest BCUT2D eigenvalue weighted by Crippen LogP contribution is -2.51. The van der Waals surface area contributed by atoms with Crippen molar-refractivity contribution in [2.45, 2.75) is 45.7 Å². The van der Waals surface area contributed by atoms with Crippen LogP contribution in [0.2, 0.25) is 0 Å². The number of hydrogen-bond donors (Lipinski definition) is 2. The van der Waals surface area contributed by atoms with Crippen LogP contribution >= 0.6 is 0 Å². The predicted molar refractivity (Wildman–Crippen MR) is 81.5 cm³/mol. The molecule has 0 saturated carbocycles. The summed E-state index contributed by atoms with van der Waals surface area (Å²) in [5.41, 5.74) is -0.303. The fraction of sp³-hybridized carbons (Fsp3) is 0.562. The van der Waals surface area contributed by atoms with Gasteiger partial charge in [0, 0.05) is 6.04 Å². The van der Waals surface area contributed by atoms with Gasteiger partial charge in [0.2, 0.25) is 0 Å². The Balaban J connectivity index is 3.25. The summed E-state index contributed by atoms with van der Waals surface area (Å²) in [5, 5.41) is 13.0. The molecule has 0 aliphatic rings. The van der Waals surface area contributed by atoms with Crippen LogP contribution in [0.15, 0.2) is 18.2 Å². The van der Waals surface area contributed by atoms with Gasteiger partial charge in [-0.15, -0.1) is 0 Å². The minimum Gasteiger partial charge on any atom is -0.504 e. The van der Waals surface area contributed by atoms with Crippen LogP contribution in [0.3, 0.4) is 0 Å². The number of rotatable bonds is 7. The molecule has 0 bridgehead atoms. The maximum Gasteiger partial charge on any atom is 0.330 e. The topological polar surface area (TPSA) is 67.8 Å². The first-order valence-corrected chi connectivity index (χ1v) is 7.21. The van der Waals surface area contributed by atoms with E-state index in [1.165, 1.54) is 13.2 Å². The molecule has 0 radical (unpaired) electrons. The minimum absolute atomic E-state index is 0.0380. The molecule has 0 spiro atoms. The average molecular weight is 295 g/mol. The molecule has 1 aromatic carbocycles. The summed E-state index contributed by atoms with van der Waals surface area (Å²) in [4.78, 5) is 12.4. The van der Waals surface area contributed by atoms with Crippen LogP contribution < -0.4 is 10.1 Å². The number of carbonyl (C=O) groups excluding carboxylic acids is 1. The molecule has 5 nitrogen and oxygen atoms in total. The average Bonchev–Trinajstić information content (AvgIpc) is 2.47. The molecule has 2 atom stereocenters. The Labute approximate surface area is 126 Å². The zero-order chi connectivity index (χ0) is 16.0. The summed E-state index contributed by atoms with van der Waals surface area (Å²) in [7, 11) is 1.47. The van der Waals surface area contributed by atoms with Crippen molar-refractivity contribution < 1.29 is 19.4 Å². The van der Waals surface area contributed by atoms with Crippen LogP contribution in [0.1, 0.15) is 39.7 Å². The van der Waals surface area contributed by atoms with E-state index >= 15 is 0 Å². The highest BCUT2D eigenvalue weighted by Crippen LogP contribution is 2.32. The molecule has 21 heavy (non-hydrogen) atoms. The molecule has 2 unspecified atom stereocenters. The lowest BCUT2D eigenvalue weighted by Gasteiger charge is -2.32. The molecule has 0 fully saturated rings. The van der Waals surface area contributed by atoms with E-state index < -0.39 is 5.54 Å². The molecule has 0 aliphatic carbocycles. The fourth-order valence-electron chi connectivity index (χ4n) is 2.12. The number of phenolic OH excluding ortho intramolecular Hbond substituents is 1. The molecule has 1 rings (SSSR count). The minimum atomic E-state index is -0.994.